The standard InChI is InChI=1S/C29H34BrN3O5/c1-6-10-12-26-32-24-14-13-22(30)17-23(24)28(34)33(26)31-18-20-15-21(11-7-2)27(25(16-20)36-8-3)38-19(5)29(35)37-9-4/h7,13-19H,2,6,8-12H2,1,3-5H3/t19-/m0/s1. The number of halogens is 1. The molecular formula is C29H34BrN3O5. The predicted molar refractivity (Wildman–Crippen MR) is 154 cm³/mol. The number of nitrogens with zero attached hydrogens (tertiary/aromatic N) is 3. The van der Waals surface area contributed by atoms with E-state index in [0.717, 1.165) is 22.9 Å². The number of hydrogen-bond donors (Lipinski definition) is 0. The van der Waals surface area contributed by atoms with Crippen molar-refractivity contribution in [1.82, 2.24) is 9.66 Å². The van der Waals surface area contributed by atoms with E-state index in [1.54, 1.807) is 38.3 Å². The summed E-state index contributed by atoms with van der Waals surface area (Å²) in [7, 11) is 0. The Hall–Kier alpha value is -3.46. The molecule has 0 spiro atoms. The van der Waals surface area contributed by atoms with Crippen LogP contribution in [0, 0.1) is 0 Å². The van der Waals surface area contributed by atoms with Crippen LogP contribution in [0.5, 0.6) is 11.5 Å². The maximum atomic E-state index is 13.4. The van der Waals surface area contributed by atoms with Crippen LogP contribution in [0.2, 0.25) is 0 Å². The molecule has 0 amide bonds. The highest BCUT2D eigenvalue weighted by molar-refractivity contribution is 9.10. The lowest BCUT2D eigenvalue weighted by Gasteiger charge is -2.20. The van der Waals surface area contributed by atoms with Crippen molar-refractivity contribution in [3.8, 4) is 11.5 Å². The van der Waals surface area contributed by atoms with Gasteiger partial charge in [-0.1, -0.05) is 35.4 Å². The summed E-state index contributed by atoms with van der Waals surface area (Å²) in [5.74, 6) is 1.05. The van der Waals surface area contributed by atoms with Gasteiger partial charge in [0.1, 0.15) is 5.82 Å². The van der Waals surface area contributed by atoms with Gasteiger partial charge in [0.05, 0.1) is 30.3 Å². The molecular weight excluding hydrogens is 550 g/mol. The molecule has 1 heterocycles. The van der Waals surface area contributed by atoms with Crippen LogP contribution in [0.25, 0.3) is 10.9 Å². The van der Waals surface area contributed by atoms with E-state index in [2.05, 4.69) is 34.5 Å². The van der Waals surface area contributed by atoms with Crippen LogP contribution in [-0.4, -0.2) is 41.2 Å². The smallest absolute Gasteiger partial charge is 0.347 e. The zero-order valence-corrected chi connectivity index (χ0v) is 23.9. The minimum atomic E-state index is -0.820. The Morgan fingerprint density at radius 2 is 2.00 bits per heavy atom. The number of esters is 1. The highest BCUT2D eigenvalue weighted by Gasteiger charge is 2.21. The second-order valence-corrected chi connectivity index (χ2v) is 9.52. The number of ether oxygens (including phenoxy) is 3. The van der Waals surface area contributed by atoms with E-state index in [0.29, 0.717) is 53.2 Å². The Morgan fingerprint density at radius 3 is 2.68 bits per heavy atom. The third-order valence-electron chi connectivity index (χ3n) is 5.68. The largest absolute Gasteiger partial charge is 0.490 e. The topological polar surface area (TPSA) is 92.0 Å². The molecule has 0 bridgehead atoms. The fraction of sp³-hybridized carbons (Fsp3) is 0.379. The first-order valence-electron chi connectivity index (χ1n) is 12.8. The average Bonchev–Trinajstić information content (AvgIpc) is 2.89. The van der Waals surface area contributed by atoms with Crippen LogP contribution in [0.3, 0.4) is 0 Å². The van der Waals surface area contributed by atoms with Gasteiger partial charge in [-0.15, -0.1) is 6.58 Å². The molecule has 0 saturated carbocycles. The van der Waals surface area contributed by atoms with Crippen LogP contribution in [0.4, 0.5) is 0 Å². The van der Waals surface area contributed by atoms with Crippen LogP contribution in [0.1, 0.15) is 57.5 Å². The molecule has 2 aromatic carbocycles. The second-order valence-electron chi connectivity index (χ2n) is 8.60. The number of rotatable bonds is 13. The lowest BCUT2D eigenvalue weighted by atomic mass is 10.1. The lowest BCUT2D eigenvalue weighted by molar-refractivity contribution is -0.150. The Morgan fingerprint density at radius 1 is 1.21 bits per heavy atom. The summed E-state index contributed by atoms with van der Waals surface area (Å²) >= 11 is 3.44. The highest BCUT2D eigenvalue weighted by Crippen LogP contribution is 2.34. The van der Waals surface area contributed by atoms with Gasteiger partial charge in [0, 0.05) is 16.5 Å². The molecule has 0 saturated heterocycles. The highest BCUT2D eigenvalue weighted by atomic mass is 79.9. The second kappa shape index (κ2) is 13.9. The van der Waals surface area contributed by atoms with Gasteiger partial charge in [-0.3, -0.25) is 4.79 Å². The first kappa shape index (κ1) is 29.1. The molecule has 1 atom stereocenters. The van der Waals surface area contributed by atoms with E-state index in [9.17, 15) is 9.59 Å². The first-order valence-corrected chi connectivity index (χ1v) is 13.6. The maximum Gasteiger partial charge on any atom is 0.347 e. The molecule has 202 valence electrons. The Balaban J connectivity index is 2.09. The predicted octanol–water partition coefficient (Wildman–Crippen LogP) is 5.84. The number of fused-ring (bicyclic) bond motifs is 1. The number of hydrogen-bond acceptors (Lipinski definition) is 7. The average molecular weight is 585 g/mol. The van der Waals surface area contributed by atoms with Gasteiger partial charge in [0.2, 0.25) is 0 Å². The van der Waals surface area contributed by atoms with Crippen LogP contribution < -0.4 is 15.0 Å². The van der Waals surface area contributed by atoms with Gasteiger partial charge in [-0.2, -0.15) is 9.78 Å². The van der Waals surface area contributed by atoms with Crippen molar-refractivity contribution in [3.05, 3.63) is 74.8 Å². The fourth-order valence-electron chi connectivity index (χ4n) is 3.88. The molecule has 0 N–H and O–H groups in total. The lowest BCUT2D eigenvalue weighted by Crippen LogP contribution is -2.26. The molecule has 0 fully saturated rings. The molecule has 1 aromatic heterocycles. The monoisotopic (exact) mass is 583 g/mol. The van der Waals surface area contributed by atoms with Crippen molar-refractivity contribution in [2.45, 2.75) is 59.5 Å². The zero-order chi connectivity index (χ0) is 27.7. The third-order valence-corrected chi connectivity index (χ3v) is 6.18. The summed E-state index contributed by atoms with van der Waals surface area (Å²) in [5.41, 5.74) is 1.87. The van der Waals surface area contributed by atoms with E-state index in [4.69, 9.17) is 19.2 Å². The number of aromatic nitrogens is 2. The van der Waals surface area contributed by atoms with Crippen LogP contribution >= 0.6 is 15.9 Å². The minimum Gasteiger partial charge on any atom is -0.490 e. The molecule has 3 aromatic rings. The van der Waals surface area contributed by atoms with Gasteiger partial charge in [0.15, 0.2) is 17.6 Å². The molecule has 3 rings (SSSR count). The Kier molecular flexibility index (Phi) is 10.6. The summed E-state index contributed by atoms with van der Waals surface area (Å²) in [4.78, 5) is 30.3. The van der Waals surface area contributed by atoms with Crippen molar-refractivity contribution in [2.24, 2.45) is 5.10 Å². The molecule has 38 heavy (non-hydrogen) atoms. The molecule has 0 aliphatic rings. The van der Waals surface area contributed by atoms with Gasteiger partial charge in [-0.05, 0) is 69.5 Å². The molecule has 9 heteroatoms. The van der Waals surface area contributed by atoms with Gasteiger partial charge in [0.25, 0.3) is 5.56 Å². The van der Waals surface area contributed by atoms with Crippen molar-refractivity contribution in [2.75, 3.05) is 13.2 Å². The summed E-state index contributed by atoms with van der Waals surface area (Å²) in [6.45, 7) is 11.8. The molecule has 0 aliphatic carbocycles. The van der Waals surface area contributed by atoms with E-state index < -0.39 is 12.1 Å². The SMILES string of the molecule is C=CCc1cc(C=Nn2c(CCCC)nc3ccc(Br)cc3c2=O)cc(OCC)c1O[C@@H](C)C(=O)OCC. The Bertz CT molecular complexity index is 1380. The van der Waals surface area contributed by atoms with Crippen molar-refractivity contribution < 1.29 is 19.0 Å². The number of carbonyl (C=O) groups excluding carboxylic acids is 1. The molecule has 0 radical (unpaired) electrons. The number of allylic oxidation sites excluding steroid dienone is 1. The zero-order valence-electron chi connectivity index (χ0n) is 22.3. The quantitative estimate of drug-likeness (QED) is 0.142. The van der Waals surface area contributed by atoms with E-state index >= 15 is 0 Å². The Labute approximate surface area is 231 Å². The van der Waals surface area contributed by atoms with Crippen molar-refractivity contribution >= 4 is 39.0 Å². The van der Waals surface area contributed by atoms with E-state index in [1.165, 1.54) is 4.68 Å². The maximum absolute atomic E-state index is 13.4. The fourth-order valence-corrected chi connectivity index (χ4v) is 4.24. The number of unbranched alkanes of at least 4 members (excludes halogenated alkanes) is 1. The van der Waals surface area contributed by atoms with Crippen LogP contribution in [-0.2, 0) is 22.4 Å². The first-order chi connectivity index (χ1) is 18.3. The minimum absolute atomic E-state index is 0.238. The van der Waals surface area contributed by atoms with Gasteiger partial charge in [-0.25, -0.2) is 9.78 Å². The van der Waals surface area contributed by atoms with E-state index in [1.807, 2.05) is 25.1 Å². The number of aryl methyl sites for hydroxylation is 1. The number of carbonyl (C=O) groups is 1. The third kappa shape index (κ3) is 7.10. The van der Waals surface area contributed by atoms with Gasteiger partial charge < -0.3 is 14.2 Å². The van der Waals surface area contributed by atoms with Crippen LogP contribution in [0.15, 0.2) is 57.4 Å². The summed E-state index contributed by atoms with van der Waals surface area (Å²) in [6.07, 6.45) is 5.47. The van der Waals surface area contributed by atoms with Crippen molar-refractivity contribution in [1.29, 1.82) is 0 Å². The molecule has 8 nitrogen and oxygen atoms in total. The summed E-state index contributed by atoms with van der Waals surface area (Å²) in [6, 6.07) is 9.11. The number of benzene rings is 2. The summed E-state index contributed by atoms with van der Waals surface area (Å²) < 4.78 is 19.1. The summed E-state index contributed by atoms with van der Waals surface area (Å²) in [5, 5.41) is 5.04. The van der Waals surface area contributed by atoms with E-state index in [-0.39, 0.29) is 12.2 Å². The van der Waals surface area contributed by atoms with Gasteiger partial charge >= 0.3 is 5.97 Å². The van der Waals surface area contributed by atoms with Crippen molar-refractivity contribution in [3.63, 3.8) is 0 Å². The molecule has 0 aliphatic heterocycles. The normalized spacial score (nSPS) is 12.0. The molecule has 0 unspecified atom stereocenters.